The summed E-state index contributed by atoms with van der Waals surface area (Å²) >= 11 is 10.3. The SMILES string of the molecule is O=C(Cl)Nc1ccccc1NC(=O)Cl. The molecule has 0 saturated heterocycles. The van der Waals surface area contributed by atoms with Crippen LogP contribution in [0.2, 0.25) is 0 Å². The number of rotatable bonds is 2. The maximum atomic E-state index is 10.6. The lowest BCUT2D eigenvalue weighted by atomic mass is 10.2. The van der Waals surface area contributed by atoms with E-state index in [4.69, 9.17) is 23.2 Å². The van der Waals surface area contributed by atoms with Crippen LogP contribution in [0.1, 0.15) is 0 Å². The van der Waals surface area contributed by atoms with Crippen molar-refractivity contribution in [3.8, 4) is 0 Å². The third-order valence-corrected chi connectivity index (χ3v) is 1.58. The number of para-hydroxylation sites is 2. The zero-order valence-electron chi connectivity index (χ0n) is 6.88. The summed E-state index contributed by atoms with van der Waals surface area (Å²) in [5.41, 5.74) is 0.781. The molecule has 2 N–H and O–H groups in total. The van der Waals surface area contributed by atoms with Crippen molar-refractivity contribution in [2.75, 3.05) is 10.6 Å². The van der Waals surface area contributed by atoms with Crippen molar-refractivity contribution in [1.29, 1.82) is 0 Å². The molecular formula is C8H6Cl2N2O2. The molecule has 0 aliphatic heterocycles. The molecule has 2 amide bonds. The Labute approximate surface area is 90.2 Å². The lowest BCUT2D eigenvalue weighted by Crippen LogP contribution is -2.07. The van der Waals surface area contributed by atoms with Crippen molar-refractivity contribution in [3.05, 3.63) is 24.3 Å². The highest BCUT2D eigenvalue weighted by molar-refractivity contribution is 6.66. The number of halogens is 2. The van der Waals surface area contributed by atoms with E-state index in [1.807, 2.05) is 0 Å². The predicted octanol–water partition coefficient (Wildman–Crippen LogP) is 3.23. The largest absolute Gasteiger partial charge is 0.318 e. The number of anilines is 2. The zero-order chi connectivity index (χ0) is 10.6. The first-order valence-corrected chi connectivity index (χ1v) is 4.37. The van der Waals surface area contributed by atoms with Gasteiger partial charge in [-0.1, -0.05) is 12.1 Å². The van der Waals surface area contributed by atoms with E-state index >= 15 is 0 Å². The van der Waals surface area contributed by atoms with E-state index in [0.29, 0.717) is 11.4 Å². The van der Waals surface area contributed by atoms with Crippen molar-refractivity contribution >= 4 is 45.3 Å². The fraction of sp³-hybridized carbons (Fsp3) is 0. The third-order valence-electron chi connectivity index (χ3n) is 1.39. The van der Waals surface area contributed by atoms with Crippen LogP contribution in [-0.4, -0.2) is 10.7 Å². The van der Waals surface area contributed by atoms with Crippen LogP contribution in [0, 0.1) is 0 Å². The first-order valence-electron chi connectivity index (χ1n) is 3.61. The average Bonchev–Trinajstić information content (AvgIpc) is 2.06. The quantitative estimate of drug-likeness (QED) is 0.608. The van der Waals surface area contributed by atoms with Gasteiger partial charge in [0.25, 0.3) is 0 Å². The van der Waals surface area contributed by atoms with Crippen molar-refractivity contribution in [2.45, 2.75) is 0 Å². The lowest BCUT2D eigenvalue weighted by Gasteiger charge is -2.07. The maximum absolute atomic E-state index is 10.6. The number of carbonyl (C=O) groups is 2. The Balaban J connectivity index is 2.90. The topological polar surface area (TPSA) is 58.2 Å². The molecule has 0 heterocycles. The number of nitrogens with one attached hydrogen (secondary N) is 2. The van der Waals surface area contributed by atoms with Gasteiger partial charge in [0.15, 0.2) is 0 Å². The molecule has 74 valence electrons. The summed E-state index contributed by atoms with van der Waals surface area (Å²) < 4.78 is 0. The summed E-state index contributed by atoms with van der Waals surface area (Å²) in [6, 6.07) is 6.54. The van der Waals surface area contributed by atoms with E-state index in [2.05, 4.69) is 10.6 Å². The minimum atomic E-state index is -0.735. The number of hydrogen-bond donors (Lipinski definition) is 2. The Morgan fingerprint density at radius 1 is 0.929 bits per heavy atom. The van der Waals surface area contributed by atoms with Crippen LogP contribution in [0.3, 0.4) is 0 Å². The Hall–Kier alpha value is -1.26. The molecular weight excluding hydrogens is 227 g/mol. The van der Waals surface area contributed by atoms with Gasteiger partial charge < -0.3 is 10.6 Å². The predicted molar refractivity (Wildman–Crippen MR) is 56.2 cm³/mol. The first-order chi connectivity index (χ1) is 6.59. The number of benzene rings is 1. The molecule has 1 aromatic carbocycles. The monoisotopic (exact) mass is 232 g/mol. The fourth-order valence-electron chi connectivity index (χ4n) is 0.913. The standard InChI is InChI=1S/C8H6Cl2N2O2/c9-7(13)11-5-3-1-2-4-6(5)12-8(10)14/h1-4H,(H,11,13)(H,12,14). The summed E-state index contributed by atoms with van der Waals surface area (Å²) in [6.45, 7) is 0. The minimum absolute atomic E-state index is 0.390. The van der Waals surface area contributed by atoms with Gasteiger partial charge in [0.2, 0.25) is 0 Å². The molecule has 0 aliphatic rings. The Bertz CT molecular complexity index is 333. The van der Waals surface area contributed by atoms with Gasteiger partial charge in [-0.15, -0.1) is 0 Å². The van der Waals surface area contributed by atoms with Gasteiger partial charge in [-0.3, -0.25) is 9.59 Å². The molecule has 0 bridgehead atoms. The molecule has 4 nitrogen and oxygen atoms in total. The van der Waals surface area contributed by atoms with Crippen LogP contribution in [0.4, 0.5) is 21.0 Å². The second-order valence-corrected chi connectivity index (χ2v) is 3.03. The molecule has 0 aromatic heterocycles. The molecule has 14 heavy (non-hydrogen) atoms. The fourth-order valence-corrected chi connectivity index (χ4v) is 1.12. The highest BCUT2D eigenvalue weighted by Gasteiger charge is 2.05. The average molecular weight is 233 g/mol. The molecule has 0 radical (unpaired) electrons. The van der Waals surface area contributed by atoms with E-state index < -0.39 is 10.7 Å². The lowest BCUT2D eigenvalue weighted by molar-refractivity contribution is 0.268. The Morgan fingerprint density at radius 2 is 1.29 bits per heavy atom. The molecule has 6 heteroatoms. The molecule has 0 atom stereocenters. The van der Waals surface area contributed by atoms with E-state index in [0.717, 1.165) is 0 Å². The minimum Gasteiger partial charge on any atom is -0.311 e. The van der Waals surface area contributed by atoms with Crippen molar-refractivity contribution in [2.24, 2.45) is 0 Å². The Morgan fingerprint density at radius 3 is 1.57 bits per heavy atom. The molecule has 0 saturated carbocycles. The van der Waals surface area contributed by atoms with E-state index in [1.165, 1.54) is 0 Å². The smallest absolute Gasteiger partial charge is 0.311 e. The van der Waals surface area contributed by atoms with Crippen molar-refractivity contribution in [3.63, 3.8) is 0 Å². The van der Waals surface area contributed by atoms with Gasteiger partial charge >= 0.3 is 10.7 Å². The molecule has 0 fully saturated rings. The van der Waals surface area contributed by atoms with Gasteiger partial charge in [0.1, 0.15) is 0 Å². The Kier molecular flexibility index (Phi) is 3.73. The number of amides is 2. The van der Waals surface area contributed by atoms with E-state index in [1.54, 1.807) is 24.3 Å². The van der Waals surface area contributed by atoms with Crippen LogP contribution < -0.4 is 10.6 Å². The molecule has 1 rings (SSSR count). The molecule has 0 unspecified atom stereocenters. The molecule has 1 aromatic rings. The van der Waals surface area contributed by atoms with Crippen LogP contribution in [0.5, 0.6) is 0 Å². The molecule has 0 spiro atoms. The molecule has 0 aliphatic carbocycles. The van der Waals surface area contributed by atoms with Crippen molar-refractivity contribution < 1.29 is 9.59 Å². The number of hydrogen-bond acceptors (Lipinski definition) is 2. The summed E-state index contributed by atoms with van der Waals surface area (Å²) in [5, 5.41) is 3.19. The van der Waals surface area contributed by atoms with Gasteiger partial charge in [0, 0.05) is 0 Å². The highest BCUT2D eigenvalue weighted by atomic mass is 35.5. The van der Waals surface area contributed by atoms with Gasteiger partial charge in [-0.05, 0) is 35.3 Å². The third kappa shape index (κ3) is 3.24. The van der Waals surface area contributed by atoms with Crippen LogP contribution in [0.25, 0.3) is 0 Å². The van der Waals surface area contributed by atoms with Gasteiger partial charge in [-0.25, -0.2) is 0 Å². The summed E-state index contributed by atoms with van der Waals surface area (Å²) in [7, 11) is 0. The second-order valence-electron chi connectivity index (χ2n) is 2.34. The summed E-state index contributed by atoms with van der Waals surface area (Å²) in [6.07, 6.45) is 0. The van der Waals surface area contributed by atoms with Gasteiger partial charge in [0.05, 0.1) is 11.4 Å². The second kappa shape index (κ2) is 4.83. The van der Waals surface area contributed by atoms with Crippen molar-refractivity contribution in [1.82, 2.24) is 0 Å². The van der Waals surface area contributed by atoms with Crippen LogP contribution in [0.15, 0.2) is 24.3 Å². The summed E-state index contributed by atoms with van der Waals surface area (Å²) in [4.78, 5) is 21.1. The summed E-state index contributed by atoms with van der Waals surface area (Å²) in [5.74, 6) is 0. The van der Waals surface area contributed by atoms with E-state index in [-0.39, 0.29) is 0 Å². The van der Waals surface area contributed by atoms with E-state index in [9.17, 15) is 9.59 Å². The maximum Gasteiger partial charge on any atom is 0.318 e. The van der Waals surface area contributed by atoms with Gasteiger partial charge in [-0.2, -0.15) is 0 Å². The highest BCUT2D eigenvalue weighted by Crippen LogP contribution is 2.21. The first kappa shape index (κ1) is 10.8. The normalized spacial score (nSPS) is 9.29. The number of carbonyl (C=O) groups excluding carboxylic acids is 2. The zero-order valence-corrected chi connectivity index (χ0v) is 8.39. The van der Waals surface area contributed by atoms with Crippen LogP contribution >= 0.6 is 23.2 Å². The van der Waals surface area contributed by atoms with Crippen LogP contribution in [-0.2, 0) is 0 Å².